The first-order valence-electron chi connectivity index (χ1n) is 3.22. The molecule has 0 amide bonds. The van der Waals surface area contributed by atoms with Crippen LogP contribution >= 0.6 is 22.6 Å². The minimum absolute atomic E-state index is 0.0544. The van der Waals surface area contributed by atoms with E-state index >= 15 is 0 Å². The number of aromatic nitrogens is 4. The third-order valence-electron chi connectivity index (χ3n) is 1.49. The molecule has 0 spiro atoms. The van der Waals surface area contributed by atoms with E-state index in [0.29, 0.717) is 8.43 Å². The van der Waals surface area contributed by atoms with Crippen LogP contribution in [0.25, 0.3) is 11.2 Å². The second kappa shape index (κ2) is 2.58. The number of nitrogens with two attached hydrogens (primary N) is 1. The first kappa shape index (κ1) is 8.29. The van der Waals surface area contributed by atoms with Crippen LogP contribution in [0.2, 0.25) is 0 Å². The maximum Gasteiger partial charge on any atom is 0.360 e. The Kier molecular flexibility index (Phi) is 1.65. The van der Waals surface area contributed by atoms with E-state index in [1.807, 2.05) is 22.6 Å². The van der Waals surface area contributed by atoms with Crippen LogP contribution in [0.4, 0.5) is 5.95 Å². The summed E-state index contributed by atoms with van der Waals surface area (Å²) in [6.07, 6.45) is 0. The van der Waals surface area contributed by atoms with Crippen LogP contribution in [0.1, 0.15) is 0 Å². The zero-order valence-corrected chi connectivity index (χ0v) is 8.31. The fraction of sp³-hybridized carbons (Fsp3) is 0. The Morgan fingerprint density at radius 3 is 2.92 bits per heavy atom. The summed E-state index contributed by atoms with van der Waals surface area (Å²) >= 11 is 1.85. The molecule has 8 heteroatoms. The number of hydrogen-bond donors (Lipinski definition) is 3. The minimum atomic E-state index is -0.659. The zero-order chi connectivity index (χ0) is 9.59. The number of rotatable bonds is 0. The second-order valence-corrected chi connectivity index (χ2v) is 3.33. The molecular formula is C5H4IN5O2. The van der Waals surface area contributed by atoms with E-state index in [0.717, 1.165) is 0 Å². The second-order valence-electron chi connectivity index (χ2n) is 2.31. The van der Waals surface area contributed by atoms with Crippen molar-refractivity contribution < 1.29 is 5.21 Å². The van der Waals surface area contributed by atoms with Crippen molar-refractivity contribution in [3.63, 3.8) is 0 Å². The van der Waals surface area contributed by atoms with Crippen LogP contribution in [0.5, 0.6) is 0 Å². The summed E-state index contributed by atoms with van der Waals surface area (Å²) in [6.45, 7) is 0. The van der Waals surface area contributed by atoms with Crippen LogP contribution < -0.4 is 11.4 Å². The summed E-state index contributed by atoms with van der Waals surface area (Å²) in [5.74, 6) is 0.0544. The summed E-state index contributed by atoms with van der Waals surface area (Å²) in [6, 6.07) is 0. The number of anilines is 1. The maximum absolute atomic E-state index is 10.9. The molecule has 2 heterocycles. The highest BCUT2D eigenvalue weighted by Crippen LogP contribution is 2.14. The third kappa shape index (κ3) is 1.13. The quantitative estimate of drug-likeness (QED) is 0.346. The average Bonchev–Trinajstić information content (AvgIpc) is 2.27. The topological polar surface area (TPSA) is 110 Å². The van der Waals surface area contributed by atoms with E-state index in [4.69, 9.17) is 5.73 Å². The van der Waals surface area contributed by atoms with Gasteiger partial charge < -0.3 is 10.9 Å². The number of halogens is 1. The summed E-state index contributed by atoms with van der Waals surface area (Å²) in [7, 11) is 0. The molecule has 0 aliphatic carbocycles. The molecular weight excluding hydrogens is 289 g/mol. The molecule has 0 fully saturated rings. The Morgan fingerprint density at radius 1 is 1.54 bits per heavy atom. The number of nitrogens with zero attached hydrogens (tertiary/aromatic N) is 3. The van der Waals surface area contributed by atoms with Gasteiger partial charge in [-0.3, -0.25) is 4.98 Å². The standard InChI is InChI=1S/C5H4IN5O2/c6-2-1-3(9-4(7)8-2)10-5(12)11(1)13/h13H,(H3,7,8,9,10,12). The van der Waals surface area contributed by atoms with Crippen LogP contribution in [-0.2, 0) is 0 Å². The Bertz CT molecular complexity index is 529. The molecule has 7 nitrogen and oxygen atoms in total. The fourth-order valence-corrected chi connectivity index (χ4v) is 1.71. The normalized spacial score (nSPS) is 10.8. The van der Waals surface area contributed by atoms with Gasteiger partial charge in [-0.05, 0) is 22.6 Å². The lowest BCUT2D eigenvalue weighted by Crippen LogP contribution is -2.13. The van der Waals surface area contributed by atoms with E-state index in [-0.39, 0.29) is 17.1 Å². The summed E-state index contributed by atoms with van der Waals surface area (Å²) < 4.78 is 0.872. The van der Waals surface area contributed by atoms with E-state index in [9.17, 15) is 10.0 Å². The van der Waals surface area contributed by atoms with Gasteiger partial charge >= 0.3 is 5.69 Å². The van der Waals surface area contributed by atoms with E-state index < -0.39 is 5.69 Å². The van der Waals surface area contributed by atoms with Gasteiger partial charge in [0.1, 0.15) is 3.70 Å². The molecule has 0 atom stereocenters. The molecule has 13 heavy (non-hydrogen) atoms. The molecule has 68 valence electrons. The highest BCUT2D eigenvalue weighted by atomic mass is 127. The summed E-state index contributed by atoms with van der Waals surface area (Å²) in [5.41, 5.74) is 5.15. The van der Waals surface area contributed by atoms with Gasteiger partial charge in [0.25, 0.3) is 0 Å². The monoisotopic (exact) mass is 293 g/mol. The molecule has 2 aromatic rings. The van der Waals surface area contributed by atoms with E-state index in [1.54, 1.807) is 0 Å². The SMILES string of the molecule is Nc1nc(I)c2c(n1)[nH]c(=O)n2O. The summed E-state index contributed by atoms with van der Waals surface area (Å²) in [4.78, 5) is 20.8. The molecule has 4 N–H and O–H groups in total. The number of aromatic amines is 1. The number of nitrogen functional groups attached to an aromatic ring is 1. The summed E-state index contributed by atoms with van der Waals surface area (Å²) in [5, 5.41) is 9.22. The molecule has 0 unspecified atom stereocenters. The lowest BCUT2D eigenvalue weighted by molar-refractivity contribution is 0.187. The van der Waals surface area contributed by atoms with Gasteiger partial charge in [0, 0.05) is 0 Å². The van der Waals surface area contributed by atoms with E-state index in [2.05, 4.69) is 15.0 Å². The zero-order valence-electron chi connectivity index (χ0n) is 6.15. The van der Waals surface area contributed by atoms with Crippen molar-refractivity contribution in [3.05, 3.63) is 14.2 Å². The number of fused-ring (bicyclic) bond motifs is 1. The van der Waals surface area contributed by atoms with E-state index in [1.165, 1.54) is 0 Å². The first-order chi connectivity index (χ1) is 6.09. The van der Waals surface area contributed by atoms with Gasteiger partial charge in [0.2, 0.25) is 5.95 Å². The molecule has 0 radical (unpaired) electrons. The fourth-order valence-electron chi connectivity index (χ4n) is 0.974. The van der Waals surface area contributed by atoms with Crippen molar-refractivity contribution in [2.45, 2.75) is 0 Å². The smallest absolute Gasteiger partial charge is 0.360 e. The molecule has 2 rings (SSSR count). The van der Waals surface area contributed by atoms with Gasteiger partial charge in [0.15, 0.2) is 11.2 Å². The van der Waals surface area contributed by atoms with Crippen molar-refractivity contribution in [1.29, 1.82) is 0 Å². The van der Waals surface area contributed by atoms with Crippen LogP contribution in [0.15, 0.2) is 4.79 Å². The Labute approximate surface area is 84.7 Å². The molecule has 0 aliphatic heterocycles. The third-order valence-corrected chi connectivity index (χ3v) is 2.24. The molecule has 0 saturated heterocycles. The molecule has 0 saturated carbocycles. The molecule has 0 bridgehead atoms. The highest BCUT2D eigenvalue weighted by molar-refractivity contribution is 14.1. The molecule has 0 aliphatic rings. The van der Waals surface area contributed by atoms with Gasteiger partial charge in [-0.25, -0.2) is 9.78 Å². The average molecular weight is 293 g/mol. The number of H-pyrrole nitrogens is 1. The Morgan fingerprint density at radius 2 is 2.23 bits per heavy atom. The van der Waals surface area contributed by atoms with Gasteiger partial charge in [0.05, 0.1) is 0 Å². The van der Waals surface area contributed by atoms with Crippen molar-refractivity contribution in [2.24, 2.45) is 0 Å². The molecule has 2 aromatic heterocycles. The predicted molar refractivity (Wildman–Crippen MR) is 52.5 cm³/mol. The van der Waals surface area contributed by atoms with Crippen molar-refractivity contribution >= 4 is 39.7 Å². The van der Waals surface area contributed by atoms with Gasteiger partial charge in [-0.2, -0.15) is 4.98 Å². The van der Waals surface area contributed by atoms with Crippen LogP contribution in [0.3, 0.4) is 0 Å². The van der Waals surface area contributed by atoms with Crippen molar-refractivity contribution in [2.75, 3.05) is 5.73 Å². The van der Waals surface area contributed by atoms with Gasteiger partial charge in [-0.1, -0.05) is 0 Å². The first-order valence-corrected chi connectivity index (χ1v) is 4.30. The predicted octanol–water partition coefficient (Wildman–Crippen LogP) is -0.456. The van der Waals surface area contributed by atoms with Gasteiger partial charge in [-0.15, -0.1) is 4.73 Å². The van der Waals surface area contributed by atoms with Crippen molar-refractivity contribution in [3.8, 4) is 0 Å². The lowest BCUT2D eigenvalue weighted by atomic mass is 10.6. The molecule has 0 aromatic carbocycles. The Hall–Kier alpha value is -1.32. The van der Waals surface area contributed by atoms with Crippen LogP contribution in [-0.4, -0.2) is 24.9 Å². The Balaban J connectivity index is 3.03. The number of hydrogen-bond acceptors (Lipinski definition) is 5. The number of imidazole rings is 1. The number of nitrogens with one attached hydrogen (secondary N) is 1. The maximum atomic E-state index is 10.9. The van der Waals surface area contributed by atoms with Crippen LogP contribution in [0, 0.1) is 3.70 Å². The van der Waals surface area contributed by atoms with Crippen molar-refractivity contribution in [1.82, 2.24) is 19.7 Å². The largest absolute Gasteiger partial charge is 0.423 e. The lowest BCUT2D eigenvalue weighted by Gasteiger charge is -1.95. The highest BCUT2D eigenvalue weighted by Gasteiger charge is 2.11. The minimum Gasteiger partial charge on any atom is -0.423 e.